The third-order valence-corrected chi connectivity index (χ3v) is 2.55. The lowest BCUT2D eigenvalue weighted by atomic mass is 10.1. The molecule has 0 spiro atoms. The van der Waals surface area contributed by atoms with Gasteiger partial charge in [-0.3, -0.25) is 4.72 Å². The molecule has 4 nitrogen and oxygen atoms in total. The van der Waals surface area contributed by atoms with E-state index in [1.54, 1.807) is 12.1 Å². The van der Waals surface area contributed by atoms with Crippen LogP contribution in [0.15, 0.2) is 18.2 Å². The molecule has 1 rings (SSSR count). The molecule has 1 aromatic carbocycles. The summed E-state index contributed by atoms with van der Waals surface area (Å²) in [6, 6.07) is 5.38. The lowest BCUT2D eigenvalue weighted by molar-refractivity contribution is 0.607. The molecule has 0 aliphatic rings. The van der Waals surface area contributed by atoms with Crippen molar-refractivity contribution in [2.75, 3.05) is 11.0 Å². The van der Waals surface area contributed by atoms with Gasteiger partial charge in [-0.25, -0.2) is 8.42 Å². The Labute approximate surface area is 84.2 Å². The zero-order valence-corrected chi connectivity index (χ0v) is 9.06. The highest BCUT2D eigenvalue weighted by Crippen LogP contribution is 2.19. The molecular formula is C9H14N2O2S. The summed E-state index contributed by atoms with van der Waals surface area (Å²) >= 11 is 0. The molecule has 78 valence electrons. The van der Waals surface area contributed by atoms with Gasteiger partial charge in [0.1, 0.15) is 0 Å². The second-order valence-electron chi connectivity index (χ2n) is 3.17. The molecule has 0 radical (unpaired) electrons. The molecule has 3 N–H and O–H groups in total. The first kappa shape index (κ1) is 11.0. The number of benzene rings is 1. The molecule has 0 aliphatic carbocycles. The monoisotopic (exact) mass is 214 g/mol. The highest BCUT2D eigenvalue weighted by Gasteiger charge is 2.06. The number of hydrogen-bond acceptors (Lipinski definition) is 3. The van der Waals surface area contributed by atoms with Crippen LogP contribution in [0.1, 0.15) is 11.1 Å². The topological polar surface area (TPSA) is 72.2 Å². The van der Waals surface area contributed by atoms with Gasteiger partial charge in [0.05, 0.1) is 11.9 Å². The maximum absolute atomic E-state index is 11.0. The number of nitrogens with one attached hydrogen (secondary N) is 1. The summed E-state index contributed by atoms with van der Waals surface area (Å²) in [5.41, 5.74) is 7.92. The molecule has 0 fully saturated rings. The van der Waals surface area contributed by atoms with E-state index in [9.17, 15) is 8.42 Å². The van der Waals surface area contributed by atoms with Crippen molar-refractivity contribution in [3.05, 3.63) is 29.3 Å². The normalized spacial score (nSPS) is 11.4. The van der Waals surface area contributed by atoms with Crippen molar-refractivity contribution in [2.45, 2.75) is 13.5 Å². The molecule has 0 heterocycles. The quantitative estimate of drug-likeness (QED) is 0.782. The van der Waals surface area contributed by atoms with E-state index in [0.29, 0.717) is 12.2 Å². The number of hydrogen-bond donors (Lipinski definition) is 2. The average Bonchev–Trinajstić information content (AvgIpc) is 2.06. The minimum absolute atomic E-state index is 0.408. The van der Waals surface area contributed by atoms with E-state index in [0.717, 1.165) is 17.4 Å². The van der Waals surface area contributed by atoms with Crippen LogP contribution in [0.4, 0.5) is 5.69 Å². The first-order chi connectivity index (χ1) is 6.44. The first-order valence-corrected chi connectivity index (χ1v) is 6.09. The predicted molar refractivity (Wildman–Crippen MR) is 57.5 cm³/mol. The summed E-state index contributed by atoms with van der Waals surface area (Å²) in [6.45, 7) is 2.25. The lowest BCUT2D eigenvalue weighted by Crippen LogP contribution is -2.11. The fraction of sp³-hybridized carbons (Fsp3) is 0.333. The van der Waals surface area contributed by atoms with Crippen LogP contribution in [0.25, 0.3) is 0 Å². The molecule has 14 heavy (non-hydrogen) atoms. The lowest BCUT2D eigenvalue weighted by Gasteiger charge is -2.10. The van der Waals surface area contributed by atoms with Crippen molar-refractivity contribution in [1.82, 2.24) is 0 Å². The second kappa shape index (κ2) is 3.98. The summed E-state index contributed by atoms with van der Waals surface area (Å²) in [5, 5.41) is 0. The van der Waals surface area contributed by atoms with Crippen molar-refractivity contribution < 1.29 is 8.42 Å². The zero-order chi connectivity index (χ0) is 10.8. The van der Waals surface area contributed by atoms with E-state index in [1.807, 2.05) is 13.0 Å². The summed E-state index contributed by atoms with van der Waals surface area (Å²) < 4.78 is 24.5. The number of anilines is 1. The molecule has 0 atom stereocenters. The van der Waals surface area contributed by atoms with Crippen LogP contribution in [0.3, 0.4) is 0 Å². The van der Waals surface area contributed by atoms with Gasteiger partial charge in [-0.15, -0.1) is 0 Å². The van der Waals surface area contributed by atoms with E-state index >= 15 is 0 Å². The van der Waals surface area contributed by atoms with Crippen LogP contribution >= 0.6 is 0 Å². The Morgan fingerprint density at radius 2 is 2.07 bits per heavy atom. The molecule has 0 saturated carbocycles. The van der Waals surface area contributed by atoms with Crippen LogP contribution in [-0.4, -0.2) is 14.7 Å². The summed E-state index contributed by atoms with van der Waals surface area (Å²) in [4.78, 5) is 0. The highest BCUT2D eigenvalue weighted by atomic mass is 32.2. The Bertz CT molecular complexity index is 426. The van der Waals surface area contributed by atoms with Crippen LogP contribution in [0.2, 0.25) is 0 Å². The Balaban J connectivity index is 3.10. The van der Waals surface area contributed by atoms with E-state index < -0.39 is 10.0 Å². The molecule has 1 aromatic rings. The van der Waals surface area contributed by atoms with Crippen LogP contribution in [-0.2, 0) is 16.6 Å². The zero-order valence-electron chi connectivity index (χ0n) is 8.24. The van der Waals surface area contributed by atoms with E-state index in [4.69, 9.17) is 5.73 Å². The van der Waals surface area contributed by atoms with Crippen molar-refractivity contribution in [3.63, 3.8) is 0 Å². The van der Waals surface area contributed by atoms with Gasteiger partial charge in [-0.1, -0.05) is 12.1 Å². The van der Waals surface area contributed by atoms with E-state index in [2.05, 4.69) is 4.72 Å². The van der Waals surface area contributed by atoms with Crippen molar-refractivity contribution in [2.24, 2.45) is 5.73 Å². The standard InChI is InChI=1S/C9H14N2O2S/c1-7-8(6-10)4-3-5-9(7)11-14(2,12)13/h3-5,11H,6,10H2,1-2H3. The van der Waals surface area contributed by atoms with E-state index in [1.165, 1.54) is 0 Å². The van der Waals surface area contributed by atoms with Gasteiger partial charge in [-0.2, -0.15) is 0 Å². The molecule has 0 aliphatic heterocycles. The van der Waals surface area contributed by atoms with Gasteiger partial charge in [0.25, 0.3) is 0 Å². The minimum atomic E-state index is -3.22. The molecular weight excluding hydrogens is 200 g/mol. The molecule has 0 unspecified atom stereocenters. The Morgan fingerprint density at radius 1 is 1.43 bits per heavy atom. The van der Waals surface area contributed by atoms with Crippen molar-refractivity contribution in [1.29, 1.82) is 0 Å². The second-order valence-corrected chi connectivity index (χ2v) is 4.92. The SMILES string of the molecule is Cc1c(CN)cccc1NS(C)(=O)=O. The van der Waals surface area contributed by atoms with Gasteiger partial charge in [0, 0.05) is 6.54 Å². The molecule has 0 bridgehead atoms. The third-order valence-electron chi connectivity index (χ3n) is 1.96. The Kier molecular flexibility index (Phi) is 3.13. The van der Waals surface area contributed by atoms with E-state index in [-0.39, 0.29) is 0 Å². The van der Waals surface area contributed by atoms with Gasteiger partial charge < -0.3 is 5.73 Å². The molecule has 0 amide bonds. The number of rotatable bonds is 3. The fourth-order valence-corrected chi connectivity index (χ4v) is 1.84. The summed E-state index contributed by atoms with van der Waals surface area (Å²) in [5.74, 6) is 0. The van der Waals surface area contributed by atoms with Crippen LogP contribution in [0.5, 0.6) is 0 Å². The van der Waals surface area contributed by atoms with Gasteiger partial charge in [0.15, 0.2) is 0 Å². The van der Waals surface area contributed by atoms with Gasteiger partial charge in [-0.05, 0) is 24.1 Å². The minimum Gasteiger partial charge on any atom is -0.326 e. The first-order valence-electron chi connectivity index (χ1n) is 4.20. The Morgan fingerprint density at radius 3 is 2.57 bits per heavy atom. The maximum atomic E-state index is 11.0. The maximum Gasteiger partial charge on any atom is 0.229 e. The van der Waals surface area contributed by atoms with Crippen molar-refractivity contribution in [3.8, 4) is 0 Å². The largest absolute Gasteiger partial charge is 0.326 e. The average molecular weight is 214 g/mol. The fourth-order valence-electron chi connectivity index (χ4n) is 1.21. The molecule has 0 saturated heterocycles. The van der Waals surface area contributed by atoms with Crippen LogP contribution in [0, 0.1) is 6.92 Å². The van der Waals surface area contributed by atoms with Crippen molar-refractivity contribution >= 4 is 15.7 Å². The third kappa shape index (κ3) is 2.71. The highest BCUT2D eigenvalue weighted by molar-refractivity contribution is 7.92. The predicted octanol–water partition coefficient (Wildman–Crippen LogP) is 0.825. The van der Waals surface area contributed by atoms with Gasteiger partial charge in [0.2, 0.25) is 10.0 Å². The number of nitrogens with two attached hydrogens (primary N) is 1. The molecule has 5 heteroatoms. The summed E-state index contributed by atoms with van der Waals surface area (Å²) in [7, 11) is -3.22. The number of sulfonamides is 1. The Hall–Kier alpha value is -1.07. The van der Waals surface area contributed by atoms with Crippen LogP contribution < -0.4 is 10.5 Å². The van der Waals surface area contributed by atoms with Gasteiger partial charge >= 0.3 is 0 Å². The molecule has 0 aromatic heterocycles. The summed E-state index contributed by atoms with van der Waals surface area (Å²) in [6.07, 6.45) is 1.13. The smallest absolute Gasteiger partial charge is 0.229 e.